The fraction of sp³-hybridized carbons (Fsp3) is 0.375. The number of piperidine rings is 1. The van der Waals surface area contributed by atoms with Crippen molar-refractivity contribution in [3.8, 4) is 0 Å². The highest BCUT2D eigenvalue weighted by Crippen LogP contribution is 2.34. The van der Waals surface area contributed by atoms with Gasteiger partial charge < -0.3 is 20.0 Å². The molecule has 1 aliphatic heterocycles. The van der Waals surface area contributed by atoms with Crippen LogP contribution in [-0.4, -0.2) is 66.4 Å². The summed E-state index contributed by atoms with van der Waals surface area (Å²) in [5.41, 5.74) is 3.44. The number of aromatic amines is 1. The van der Waals surface area contributed by atoms with Gasteiger partial charge in [-0.05, 0) is 37.9 Å². The molecule has 33 heavy (non-hydrogen) atoms. The Morgan fingerprint density at radius 1 is 1.55 bits per heavy atom. The van der Waals surface area contributed by atoms with Crippen LogP contribution in [0.25, 0.3) is 11.0 Å². The standard InChI is InChI=1S/C24H33N7O2/c1-4-6-8-18(5-2)13-28-22(33-25)16-30-12-7-9-19(15-30)31(17-32)23-20-10-11-27-24(20)29-14-21(23)26-3/h4-6,8,10-11,14,17,19,26H,1,7,9,12-13,15-16,25H2,2-3H3,(H,27,29)/b8-6-,18-5+,28-22?. The second kappa shape index (κ2) is 12.0. The van der Waals surface area contributed by atoms with Gasteiger partial charge in [0.1, 0.15) is 5.65 Å². The van der Waals surface area contributed by atoms with Gasteiger partial charge >= 0.3 is 0 Å². The van der Waals surface area contributed by atoms with Crippen molar-refractivity contribution in [1.82, 2.24) is 14.9 Å². The predicted octanol–water partition coefficient (Wildman–Crippen LogP) is 3.01. The maximum atomic E-state index is 12.3. The lowest BCUT2D eigenvalue weighted by molar-refractivity contribution is -0.108. The van der Waals surface area contributed by atoms with E-state index in [9.17, 15) is 4.79 Å². The molecule has 2 aromatic rings. The van der Waals surface area contributed by atoms with Gasteiger partial charge in [0, 0.05) is 31.2 Å². The van der Waals surface area contributed by atoms with Crippen LogP contribution in [0.5, 0.6) is 0 Å². The number of amides is 1. The van der Waals surface area contributed by atoms with Crippen LogP contribution >= 0.6 is 0 Å². The predicted molar refractivity (Wildman–Crippen MR) is 134 cm³/mol. The fourth-order valence-electron chi connectivity index (χ4n) is 4.11. The number of anilines is 2. The minimum Gasteiger partial charge on any atom is -0.395 e. The van der Waals surface area contributed by atoms with Gasteiger partial charge in [-0.25, -0.2) is 9.98 Å². The first-order valence-electron chi connectivity index (χ1n) is 11.1. The molecule has 2 aromatic heterocycles. The second-order valence-corrected chi connectivity index (χ2v) is 7.84. The maximum Gasteiger partial charge on any atom is 0.223 e. The van der Waals surface area contributed by atoms with Crippen molar-refractivity contribution >= 4 is 34.7 Å². The quantitative estimate of drug-likeness (QED) is 0.168. The van der Waals surface area contributed by atoms with Gasteiger partial charge in [-0.1, -0.05) is 30.9 Å². The maximum absolute atomic E-state index is 12.3. The molecule has 0 bridgehead atoms. The topological polar surface area (TPSA) is 112 Å². The molecule has 9 heteroatoms. The summed E-state index contributed by atoms with van der Waals surface area (Å²) >= 11 is 0. The largest absolute Gasteiger partial charge is 0.395 e. The van der Waals surface area contributed by atoms with Crippen molar-refractivity contribution in [3.63, 3.8) is 0 Å². The SMILES string of the molecule is C=C/C=C\C(=C/C)CN=C(CN1CCCC(N(C=O)c2c(NC)cnc3[nH]ccc23)C1)ON. The molecule has 1 atom stereocenters. The molecule has 4 N–H and O–H groups in total. The molecule has 176 valence electrons. The van der Waals surface area contributed by atoms with Crippen molar-refractivity contribution in [2.45, 2.75) is 25.8 Å². The van der Waals surface area contributed by atoms with E-state index in [0.717, 1.165) is 53.8 Å². The Hall–Kier alpha value is -3.43. The summed E-state index contributed by atoms with van der Waals surface area (Å²) in [6.45, 7) is 8.18. The van der Waals surface area contributed by atoms with Crippen LogP contribution in [0.15, 0.2) is 59.9 Å². The molecule has 1 fully saturated rings. The van der Waals surface area contributed by atoms with Gasteiger partial charge in [-0.3, -0.25) is 9.69 Å². The highest BCUT2D eigenvalue weighted by Gasteiger charge is 2.29. The average molecular weight is 452 g/mol. The number of nitrogens with one attached hydrogen (secondary N) is 2. The van der Waals surface area contributed by atoms with Crippen LogP contribution in [0, 0.1) is 0 Å². The lowest BCUT2D eigenvalue weighted by atomic mass is 10.0. The average Bonchev–Trinajstić information content (AvgIpc) is 3.33. The van der Waals surface area contributed by atoms with Gasteiger partial charge in [-0.2, -0.15) is 5.90 Å². The Balaban J connectivity index is 1.76. The number of H-pyrrole nitrogens is 1. The van der Waals surface area contributed by atoms with Crippen LogP contribution in [0.2, 0.25) is 0 Å². The van der Waals surface area contributed by atoms with E-state index < -0.39 is 0 Å². The van der Waals surface area contributed by atoms with Crippen LogP contribution < -0.4 is 16.1 Å². The number of hydrogen-bond donors (Lipinski definition) is 3. The Morgan fingerprint density at radius 2 is 2.39 bits per heavy atom. The first kappa shape index (κ1) is 24.2. The van der Waals surface area contributed by atoms with E-state index >= 15 is 0 Å². The number of pyridine rings is 1. The number of aromatic nitrogens is 2. The Morgan fingerprint density at radius 3 is 3.09 bits per heavy atom. The first-order chi connectivity index (χ1) is 16.1. The molecular weight excluding hydrogens is 418 g/mol. The molecule has 0 aromatic carbocycles. The first-order valence-corrected chi connectivity index (χ1v) is 11.1. The number of likely N-dealkylation sites (tertiary alicyclic amines) is 1. The van der Waals surface area contributed by atoms with E-state index in [2.05, 4.69) is 31.8 Å². The lowest BCUT2D eigenvalue weighted by Crippen LogP contribution is -2.49. The number of aliphatic imine (C=N–C) groups is 1. The molecule has 0 spiro atoms. The van der Waals surface area contributed by atoms with E-state index in [1.165, 1.54) is 0 Å². The molecule has 1 aliphatic rings. The number of hydrogen-bond acceptors (Lipinski definition) is 7. The zero-order valence-corrected chi connectivity index (χ0v) is 19.3. The number of fused-ring (bicyclic) bond motifs is 1. The summed E-state index contributed by atoms with van der Waals surface area (Å²) < 4.78 is 0. The van der Waals surface area contributed by atoms with Crippen LogP contribution in [-0.2, 0) is 9.63 Å². The van der Waals surface area contributed by atoms with E-state index in [0.29, 0.717) is 25.5 Å². The number of rotatable bonds is 10. The highest BCUT2D eigenvalue weighted by molar-refractivity contribution is 6.01. The van der Waals surface area contributed by atoms with Crippen molar-refractivity contribution < 1.29 is 9.63 Å². The Labute approximate surface area is 194 Å². The normalized spacial score (nSPS) is 18.0. The zero-order valence-electron chi connectivity index (χ0n) is 19.3. The van der Waals surface area contributed by atoms with Crippen LogP contribution in [0.3, 0.4) is 0 Å². The minimum atomic E-state index is 0.00416. The number of nitrogens with two attached hydrogens (primary N) is 1. The van der Waals surface area contributed by atoms with Gasteiger partial charge in [-0.15, -0.1) is 0 Å². The molecule has 0 radical (unpaired) electrons. The Kier molecular flexibility index (Phi) is 8.79. The van der Waals surface area contributed by atoms with E-state index in [4.69, 9.17) is 10.7 Å². The highest BCUT2D eigenvalue weighted by atomic mass is 16.6. The summed E-state index contributed by atoms with van der Waals surface area (Å²) in [7, 11) is 1.83. The molecule has 3 rings (SSSR count). The zero-order chi connectivity index (χ0) is 23.6. The number of nitrogens with zero attached hydrogens (tertiary/aromatic N) is 4. The van der Waals surface area contributed by atoms with Crippen molar-refractivity contribution in [2.24, 2.45) is 10.9 Å². The van der Waals surface area contributed by atoms with Crippen molar-refractivity contribution in [3.05, 3.63) is 54.9 Å². The summed E-state index contributed by atoms with van der Waals surface area (Å²) in [6.07, 6.45) is 13.9. The number of allylic oxidation sites excluding steroid dienone is 3. The summed E-state index contributed by atoms with van der Waals surface area (Å²) in [6, 6.07) is 1.95. The van der Waals surface area contributed by atoms with Crippen molar-refractivity contribution in [2.75, 3.05) is 43.4 Å². The molecule has 1 amide bonds. The van der Waals surface area contributed by atoms with Gasteiger partial charge in [0.25, 0.3) is 0 Å². The van der Waals surface area contributed by atoms with E-state index in [1.54, 1.807) is 12.3 Å². The third kappa shape index (κ3) is 5.88. The van der Waals surface area contributed by atoms with Gasteiger partial charge in [0.15, 0.2) is 0 Å². The van der Waals surface area contributed by atoms with Gasteiger partial charge in [0.05, 0.1) is 30.7 Å². The third-order valence-corrected chi connectivity index (χ3v) is 5.82. The molecule has 9 nitrogen and oxygen atoms in total. The fourth-order valence-corrected chi connectivity index (χ4v) is 4.11. The lowest BCUT2D eigenvalue weighted by Gasteiger charge is -2.38. The summed E-state index contributed by atoms with van der Waals surface area (Å²) in [5, 5.41) is 4.08. The summed E-state index contributed by atoms with van der Waals surface area (Å²) in [4.78, 5) is 33.5. The molecule has 0 aliphatic carbocycles. The Bertz CT molecular complexity index is 1040. The molecule has 1 saturated heterocycles. The van der Waals surface area contributed by atoms with E-state index in [-0.39, 0.29) is 6.04 Å². The summed E-state index contributed by atoms with van der Waals surface area (Å²) in [5.74, 6) is 5.99. The van der Waals surface area contributed by atoms with Gasteiger partial charge in [0.2, 0.25) is 12.3 Å². The molecule has 0 saturated carbocycles. The van der Waals surface area contributed by atoms with Crippen LogP contribution in [0.1, 0.15) is 19.8 Å². The molecule has 1 unspecified atom stereocenters. The monoisotopic (exact) mass is 451 g/mol. The van der Waals surface area contributed by atoms with Crippen LogP contribution in [0.4, 0.5) is 11.4 Å². The number of carbonyl (C=O) groups is 1. The second-order valence-electron chi connectivity index (χ2n) is 7.84. The molecular formula is C24H33N7O2. The van der Waals surface area contributed by atoms with E-state index in [1.807, 2.05) is 49.4 Å². The van der Waals surface area contributed by atoms with Crippen molar-refractivity contribution in [1.29, 1.82) is 0 Å². The smallest absolute Gasteiger partial charge is 0.223 e. The molecule has 3 heterocycles. The number of carbonyl (C=O) groups excluding carboxylic acids is 1. The third-order valence-electron chi connectivity index (χ3n) is 5.82. The minimum absolute atomic E-state index is 0.00416.